The quantitative estimate of drug-likeness (QED) is 0.624. The van der Waals surface area contributed by atoms with Gasteiger partial charge in [0.1, 0.15) is 17.3 Å². The maximum atomic E-state index is 13.6. The Morgan fingerprint density at radius 2 is 1.64 bits per heavy atom. The fraction of sp³-hybridized carbons (Fsp3) is 0.158. The first-order chi connectivity index (χ1) is 13.1. The Morgan fingerprint density at radius 3 is 2.25 bits per heavy atom. The molecule has 9 heteroatoms. The molecule has 0 radical (unpaired) electrons. The van der Waals surface area contributed by atoms with Gasteiger partial charge in [-0.1, -0.05) is 18.2 Å². The van der Waals surface area contributed by atoms with Crippen molar-refractivity contribution in [1.29, 1.82) is 0 Å². The maximum absolute atomic E-state index is 13.6. The van der Waals surface area contributed by atoms with Crippen LogP contribution in [0.4, 0.5) is 27.6 Å². The van der Waals surface area contributed by atoms with Crippen LogP contribution in [-0.2, 0) is 22.3 Å². The van der Waals surface area contributed by atoms with Crippen molar-refractivity contribution >= 4 is 17.5 Å². The van der Waals surface area contributed by atoms with Crippen molar-refractivity contribution in [1.82, 2.24) is 4.90 Å². The van der Waals surface area contributed by atoms with E-state index < -0.39 is 41.7 Å². The number of alkyl halides is 3. The summed E-state index contributed by atoms with van der Waals surface area (Å²) in [6.07, 6.45) is -3.78. The molecule has 28 heavy (non-hydrogen) atoms. The van der Waals surface area contributed by atoms with Gasteiger partial charge in [-0.05, 0) is 30.7 Å². The van der Waals surface area contributed by atoms with Gasteiger partial charge in [-0.3, -0.25) is 14.5 Å². The second-order valence-electron chi connectivity index (χ2n) is 6.13. The zero-order valence-corrected chi connectivity index (χ0v) is 14.4. The summed E-state index contributed by atoms with van der Waals surface area (Å²) in [6, 6.07) is 6.47. The van der Waals surface area contributed by atoms with Crippen LogP contribution in [0.2, 0.25) is 0 Å². The third kappa shape index (κ3) is 3.73. The molecule has 0 bridgehead atoms. The van der Waals surface area contributed by atoms with Crippen LogP contribution < -0.4 is 5.32 Å². The molecule has 0 aromatic heterocycles. The minimum Gasteiger partial charge on any atom is -0.351 e. The third-order valence-electron chi connectivity index (χ3n) is 4.22. The van der Waals surface area contributed by atoms with Gasteiger partial charge in [-0.25, -0.2) is 8.78 Å². The number of carbonyl (C=O) groups is 2. The average Bonchev–Trinajstić information content (AvgIpc) is 2.86. The van der Waals surface area contributed by atoms with Gasteiger partial charge in [0.05, 0.1) is 12.1 Å². The van der Waals surface area contributed by atoms with E-state index in [0.29, 0.717) is 4.90 Å². The van der Waals surface area contributed by atoms with Gasteiger partial charge in [0, 0.05) is 17.3 Å². The molecule has 0 saturated carbocycles. The Balaban J connectivity index is 1.82. The number of rotatable bonds is 4. The van der Waals surface area contributed by atoms with Crippen LogP contribution >= 0.6 is 0 Å². The second kappa shape index (κ2) is 7.06. The lowest BCUT2D eigenvalue weighted by Crippen LogP contribution is -2.32. The highest BCUT2D eigenvalue weighted by Gasteiger charge is 2.36. The van der Waals surface area contributed by atoms with Gasteiger partial charge < -0.3 is 5.32 Å². The topological polar surface area (TPSA) is 49.4 Å². The lowest BCUT2D eigenvalue weighted by atomic mass is 10.1. The number of anilines is 1. The molecule has 1 N–H and O–H groups in total. The average molecular weight is 396 g/mol. The van der Waals surface area contributed by atoms with Crippen molar-refractivity contribution in [2.24, 2.45) is 0 Å². The highest BCUT2D eigenvalue weighted by Crippen LogP contribution is 2.33. The largest absolute Gasteiger partial charge is 0.416 e. The van der Waals surface area contributed by atoms with Gasteiger partial charge in [-0.2, -0.15) is 13.2 Å². The third-order valence-corrected chi connectivity index (χ3v) is 4.22. The molecule has 4 nitrogen and oxygen atoms in total. The first-order valence-corrected chi connectivity index (χ1v) is 8.03. The van der Waals surface area contributed by atoms with Crippen molar-refractivity contribution < 1.29 is 31.5 Å². The number of hydrogen-bond donors (Lipinski definition) is 1. The number of halogens is 5. The van der Waals surface area contributed by atoms with Crippen molar-refractivity contribution in [3.05, 3.63) is 76.5 Å². The van der Waals surface area contributed by atoms with E-state index in [9.17, 15) is 31.5 Å². The number of nitrogens with one attached hydrogen (secondary N) is 1. The maximum Gasteiger partial charge on any atom is 0.416 e. The molecule has 0 fully saturated rings. The summed E-state index contributed by atoms with van der Waals surface area (Å²) in [5.41, 5.74) is -1.82. The summed E-state index contributed by atoms with van der Waals surface area (Å²) in [5, 5.41) is 2.44. The standard InChI is InChI=1S/C19H13F5N2O2/c1-10-14(20)6-12(7-15(10)21)25-16-8-17(27)26(18(16)28)9-11-4-2-3-5-13(11)19(22,23)24/h2-8,25H,9H2,1H3. The van der Waals surface area contributed by atoms with Crippen molar-refractivity contribution in [3.63, 3.8) is 0 Å². The molecule has 146 valence electrons. The molecule has 2 aromatic carbocycles. The summed E-state index contributed by atoms with van der Waals surface area (Å²) in [6.45, 7) is 0.642. The summed E-state index contributed by atoms with van der Waals surface area (Å²) in [5.74, 6) is -3.44. The molecular formula is C19H13F5N2O2. The van der Waals surface area contributed by atoms with Gasteiger partial charge in [0.25, 0.3) is 11.8 Å². The van der Waals surface area contributed by atoms with E-state index in [1.807, 2.05) is 0 Å². The predicted molar refractivity (Wildman–Crippen MR) is 89.8 cm³/mol. The van der Waals surface area contributed by atoms with Crippen molar-refractivity contribution in [3.8, 4) is 0 Å². The summed E-state index contributed by atoms with van der Waals surface area (Å²) in [4.78, 5) is 25.1. The normalized spacial score (nSPS) is 14.5. The molecular weight excluding hydrogens is 383 g/mol. The van der Waals surface area contributed by atoms with Gasteiger partial charge in [0.2, 0.25) is 0 Å². The number of benzene rings is 2. The molecule has 1 aliphatic rings. The van der Waals surface area contributed by atoms with Crippen LogP contribution in [0.3, 0.4) is 0 Å². The molecule has 3 rings (SSSR count). The SMILES string of the molecule is Cc1c(F)cc(NC2=CC(=O)N(Cc3ccccc3C(F)(F)F)C2=O)cc1F. The van der Waals surface area contributed by atoms with E-state index in [1.54, 1.807) is 0 Å². The second-order valence-corrected chi connectivity index (χ2v) is 6.13. The van der Waals surface area contributed by atoms with E-state index >= 15 is 0 Å². The zero-order chi connectivity index (χ0) is 20.6. The Kier molecular flexibility index (Phi) is 4.93. The van der Waals surface area contributed by atoms with Crippen LogP contribution in [0.5, 0.6) is 0 Å². The highest BCUT2D eigenvalue weighted by atomic mass is 19.4. The lowest BCUT2D eigenvalue weighted by Gasteiger charge is -2.19. The first-order valence-electron chi connectivity index (χ1n) is 8.03. The van der Waals surface area contributed by atoms with Crippen LogP contribution in [0.25, 0.3) is 0 Å². The Labute approximate surface area is 156 Å². The minimum absolute atomic E-state index is 0.106. The van der Waals surface area contributed by atoms with E-state index in [4.69, 9.17) is 0 Å². The highest BCUT2D eigenvalue weighted by molar-refractivity contribution is 6.17. The molecule has 0 spiro atoms. The van der Waals surface area contributed by atoms with Crippen LogP contribution in [0.1, 0.15) is 16.7 Å². The number of nitrogens with zero attached hydrogens (tertiary/aromatic N) is 1. The molecule has 2 amide bonds. The molecule has 0 atom stereocenters. The van der Waals surface area contributed by atoms with Crippen LogP contribution in [0.15, 0.2) is 48.2 Å². The molecule has 0 saturated heterocycles. The zero-order valence-electron chi connectivity index (χ0n) is 14.4. The van der Waals surface area contributed by atoms with E-state index in [0.717, 1.165) is 24.3 Å². The van der Waals surface area contributed by atoms with Crippen LogP contribution in [0, 0.1) is 18.6 Å². The number of imide groups is 1. The Hall–Kier alpha value is -3.23. The molecule has 0 aliphatic carbocycles. The molecule has 2 aromatic rings. The number of carbonyl (C=O) groups excluding carboxylic acids is 2. The predicted octanol–water partition coefficient (Wildman–Crippen LogP) is 4.16. The molecule has 1 aliphatic heterocycles. The smallest absolute Gasteiger partial charge is 0.351 e. The van der Waals surface area contributed by atoms with Crippen LogP contribution in [-0.4, -0.2) is 16.7 Å². The summed E-state index contributed by atoms with van der Waals surface area (Å²) in [7, 11) is 0. The molecule has 0 unspecified atom stereocenters. The first kappa shape index (κ1) is 19.5. The van der Waals surface area contributed by atoms with E-state index in [-0.39, 0.29) is 22.5 Å². The lowest BCUT2D eigenvalue weighted by molar-refractivity contribution is -0.142. The Bertz CT molecular complexity index is 975. The number of hydrogen-bond acceptors (Lipinski definition) is 3. The number of amides is 2. The van der Waals surface area contributed by atoms with Gasteiger partial charge in [-0.15, -0.1) is 0 Å². The minimum atomic E-state index is -4.64. The van der Waals surface area contributed by atoms with E-state index in [2.05, 4.69) is 5.32 Å². The fourth-order valence-corrected chi connectivity index (χ4v) is 2.73. The molecule has 1 heterocycles. The fourth-order valence-electron chi connectivity index (χ4n) is 2.73. The van der Waals surface area contributed by atoms with Gasteiger partial charge >= 0.3 is 6.18 Å². The summed E-state index contributed by atoms with van der Waals surface area (Å²) >= 11 is 0. The van der Waals surface area contributed by atoms with E-state index in [1.165, 1.54) is 25.1 Å². The Morgan fingerprint density at radius 1 is 1.04 bits per heavy atom. The van der Waals surface area contributed by atoms with Gasteiger partial charge in [0.15, 0.2) is 0 Å². The monoisotopic (exact) mass is 396 g/mol. The van der Waals surface area contributed by atoms with Crippen molar-refractivity contribution in [2.45, 2.75) is 19.6 Å². The van der Waals surface area contributed by atoms with Crippen molar-refractivity contribution in [2.75, 3.05) is 5.32 Å². The summed E-state index contributed by atoms with van der Waals surface area (Å²) < 4.78 is 66.6.